The molecule has 2 aromatic rings. The van der Waals surface area contributed by atoms with Crippen molar-refractivity contribution in [2.24, 2.45) is 30.4 Å². The van der Waals surface area contributed by atoms with Gasteiger partial charge in [0.1, 0.15) is 0 Å². The van der Waals surface area contributed by atoms with Crippen molar-refractivity contribution in [3.63, 3.8) is 0 Å². The van der Waals surface area contributed by atoms with Gasteiger partial charge in [-0.05, 0) is 0 Å². The summed E-state index contributed by atoms with van der Waals surface area (Å²) in [6, 6.07) is 15.4. The first-order valence-electron chi connectivity index (χ1n) is 10.3. The number of hydrogen-bond donors (Lipinski definition) is 0. The minimum atomic E-state index is -0.141. The third kappa shape index (κ3) is 6.08. The van der Waals surface area contributed by atoms with Crippen LogP contribution in [0.5, 0.6) is 0 Å². The van der Waals surface area contributed by atoms with Crippen LogP contribution in [0.15, 0.2) is 87.9 Å². The molecule has 0 spiro atoms. The summed E-state index contributed by atoms with van der Waals surface area (Å²) in [6.07, 6.45) is 0. The van der Waals surface area contributed by atoms with Gasteiger partial charge in [0.15, 0.2) is 0 Å². The summed E-state index contributed by atoms with van der Waals surface area (Å²) in [6.45, 7) is 7.66. The van der Waals surface area contributed by atoms with E-state index in [4.69, 9.17) is 33.2 Å². The first-order chi connectivity index (χ1) is 16.3. The molecule has 0 fully saturated rings. The predicted molar refractivity (Wildman–Crippen MR) is 147 cm³/mol. The fourth-order valence-corrected chi connectivity index (χ4v) is 7.63. The summed E-state index contributed by atoms with van der Waals surface area (Å²) < 4.78 is 3.71. The molecule has 6 nitrogen and oxygen atoms in total. The van der Waals surface area contributed by atoms with Gasteiger partial charge in [-0.2, -0.15) is 0 Å². The maximum absolute atomic E-state index is 6.15. The van der Waals surface area contributed by atoms with Gasteiger partial charge in [0.2, 0.25) is 0 Å². The molecule has 0 aliphatic carbocycles. The molecule has 0 saturated carbocycles. The van der Waals surface area contributed by atoms with Crippen molar-refractivity contribution in [2.75, 3.05) is 0 Å². The van der Waals surface area contributed by atoms with E-state index < -0.39 is 0 Å². The third-order valence-electron chi connectivity index (χ3n) is 4.34. The second-order valence-corrected chi connectivity index (χ2v) is 12.6. The monoisotopic (exact) mass is 622 g/mol. The normalized spacial score (nSPS) is 19.9. The van der Waals surface area contributed by atoms with E-state index >= 15 is 0 Å². The van der Waals surface area contributed by atoms with Gasteiger partial charge in [-0.3, -0.25) is 0 Å². The second kappa shape index (κ2) is 11.0. The molecular weight excluding hydrogens is 601 g/mol. The zero-order chi connectivity index (χ0) is 24.2. The molecule has 0 bridgehead atoms. The Morgan fingerprint density at radius 1 is 0.618 bits per heavy atom. The fourth-order valence-electron chi connectivity index (χ4n) is 2.90. The van der Waals surface area contributed by atoms with Gasteiger partial charge in [-0.1, -0.05) is 0 Å². The average molecular weight is 621 g/mol. The van der Waals surface area contributed by atoms with Crippen molar-refractivity contribution in [1.82, 2.24) is 0 Å². The Kier molecular flexibility index (Phi) is 8.10. The van der Waals surface area contributed by atoms with E-state index in [1.165, 1.54) is 0 Å². The Bertz CT molecular complexity index is 1220. The van der Waals surface area contributed by atoms with Gasteiger partial charge in [0.05, 0.1) is 0 Å². The van der Waals surface area contributed by atoms with Crippen LogP contribution in [0.1, 0.15) is 38.8 Å². The molecule has 0 atom stereocenters. The molecule has 0 radical (unpaired) electrons. The van der Waals surface area contributed by atoms with E-state index in [2.05, 4.69) is 20.4 Å². The van der Waals surface area contributed by atoms with Crippen LogP contribution in [0.3, 0.4) is 0 Å². The van der Waals surface area contributed by atoms with E-state index in [1.54, 1.807) is 0 Å². The van der Waals surface area contributed by atoms with Gasteiger partial charge in [0, 0.05) is 0 Å². The van der Waals surface area contributed by atoms with Crippen LogP contribution in [0.2, 0.25) is 10.0 Å². The molecule has 4 rings (SSSR count). The fraction of sp³-hybridized carbons (Fsp3) is 0.167. The molecule has 10 heteroatoms. The Hall–Kier alpha value is -2.18. The number of allylic oxidation sites excluding steroid dienone is 2. The molecule has 0 aromatic heterocycles. The number of hydrogen-bond acceptors (Lipinski definition) is 4. The number of nitrogens with zero attached hydrogens (tertiary/aromatic N) is 6. The van der Waals surface area contributed by atoms with E-state index in [1.807, 2.05) is 76.2 Å². The van der Waals surface area contributed by atoms with Crippen LogP contribution in [-0.4, -0.2) is 62.2 Å². The molecule has 0 N–H and O–H groups in total. The minimum absolute atomic E-state index is 0.141. The summed E-state index contributed by atoms with van der Waals surface area (Å²) in [5, 5.41) is 18.7. The molecule has 2 aliphatic heterocycles. The zero-order valence-electron chi connectivity index (χ0n) is 18.9. The first-order valence-corrected chi connectivity index (χ1v) is 14.5. The molecule has 172 valence electrons. The van der Waals surface area contributed by atoms with Crippen LogP contribution in [0.4, 0.5) is 0 Å². The predicted octanol–water partition coefficient (Wildman–Crippen LogP) is 5.42. The quantitative estimate of drug-likeness (QED) is 0.249. The van der Waals surface area contributed by atoms with Crippen molar-refractivity contribution in [3.8, 4) is 0 Å². The number of aliphatic imine (C=N–C) groups is 2. The topological polar surface area (TPSA) is 74.2 Å². The van der Waals surface area contributed by atoms with Crippen molar-refractivity contribution in [2.45, 2.75) is 27.7 Å². The average Bonchev–Trinajstić information content (AvgIpc) is 3.41. The molecule has 0 unspecified atom stereocenters. The molecule has 2 heterocycles. The second-order valence-electron chi connectivity index (χ2n) is 7.66. The van der Waals surface area contributed by atoms with Crippen molar-refractivity contribution in [1.29, 1.82) is 0 Å². The summed E-state index contributed by atoms with van der Waals surface area (Å²) in [5.74, 6) is 0. The van der Waals surface area contributed by atoms with Gasteiger partial charge >= 0.3 is 222 Å². The third-order valence-corrected chi connectivity index (χ3v) is 9.52. The summed E-state index contributed by atoms with van der Waals surface area (Å²) >= 11 is 12.0. The van der Waals surface area contributed by atoms with E-state index in [9.17, 15) is 0 Å². The number of halogens is 2. The molecule has 0 amide bonds. The van der Waals surface area contributed by atoms with Crippen molar-refractivity contribution >= 4 is 85.4 Å². The van der Waals surface area contributed by atoms with Gasteiger partial charge < -0.3 is 0 Å². The van der Waals surface area contributed by atoms with Crippen molar-refractivity contribution in [3.05, 3.63) is 78.6 Å². The number of amidine groups is 2. The Balaban J connectivity index is 1.88. The van der Waals surface area contributed by atoms with Crippen LogP contribution < -0.4 is 0 Å². The Labute approximate surface area is 221 Å². The Morgan fingerprint density at radius 3 is 1.29 bits per heavy atom. The molecule has 0 saturated heterocycles. The molecular formula is C24H20Cl2N6Se2. The van der Waals surface area contributed by atoms with Gasteiger partial charge in [-0.15, -0.1) is 0 Å². The van der Waals surface area contributed by atoms with E-state index in [-0.39, 0.29) is 29.9 Å². The standard InChI is InChI=1S/C24H20Cl2N6Se2/c1-13(2)29-31-23-27-19(15-5-9-17(25)10-6-15)21(33-23)22-20(16-7-11-18(26)12-8-16)28-24(34-22)32-30-14(3)4/h5-12H,1-4H3/b22-21-,31-23+,32-24+. The number of rotatable bonds is 4. The first kappa shape index (κ1) is 24.9. The summed E-state index contributed by atoms with van der Waals surface area (Å²) in [4.78, 5) is 9.76. The molecule has 2 aliphatic rings. The maximum atomic E-state index is 6.15. The van der Waals surface area contributed by atoms with Crippen molar-refractivity contribution < 1.29 is 0 Å². The molecule has 2 aromatic carbocycles. The van der Waals surface area contributed by atoms with Crippen LogP contribution in [0, 0.1) is 0 Å². The molecule has 34 heavy (non-hydrogen) atoms. The zero-order valence-corrected chi connectivity index (χ0v) is 23.8. The Morgan fingerprint density at radius 2 is 0.971 bits per heavy atom. The van der Waals surface area contributed by atoms with E-state index in [0.29, 0.717) is 10.0 Å². The van der Waals surface area contributed by atoms with Crippen LogP contribution in [0.25, 0.3) is 0 Å². The summed E-state index contributed by atoms with van der Waals surface area (Å²) in [5.41, 5.74) is 5.49. The number of benzene rings is 2. The van der Waals surface area contributed by atoms with Crippen LogP contribution >= 0.6 is 23.2 Å². The SMILES string of the molecule is CC(C)=N/N=C1N=C(c2ccc(Cl)cc2)/C(=C2/[Se]/C(=N/N=C(C)C)N=C2c2ccc(Cl)cc2)[Se]\1. The van der Waals surface area contributed by atoms with E-state index in [0.717, 1.165) is 52.4 Å². The summed E-state index contributed by atoms with van der Waals surface area (Å²) in [7, 11) is 0. The van der Waals surface area contributed by atoms with Gasteiger partial charge in [-0.25, -0.2) is 0 Å². The van der Waals surface area contributed by atoms with Gasteiger partial charge in [0.25, 0.3) is 0 Å². The van der Waals surface area contributed by atoms with Crippen LogP contribution in [-0.2, 0) is 0 Å².